The number of fused-ring (bicyclic) bond motifs is 1. The van der Waals surface area contributed by atoms with Gasteiger partial charge in [-0.2, -0.15) is 0 Å². The molecule has 4 fully saturated rings. The molecule has 4 heteroatoms. The quantitative estimate of drug-likeness (QED) is 0.654. The highest BCUT2D eigenvalue weighted by molar-refractivity contribution is 5.01. The van der Waals surface area contributed by atoms with E-state index < -0.39 is 0 Å². The molecule has 4 heterocycles. The Kier molecular flexibility index (Phi) is 2.70. The summed E-state index contributed by atoms with van der Waals surface area (Å²) in [4.78, 5) is 10.4. The van der Waals surface area contributed by atoms with E-state index in [2.05, 4.69) is 33.7 Å². The van der Waals surface area contributed by atoms with Crippen LogP contribution in [0.4, 0.5) is 0 Å². The number of likely N-dealkylation sites (tertiary alicyclic amines) is 4. The molecular weight excluding hydrogens is 224 g/mol. The van der Waals surface area contributed by atoms with Crippen LogP contribution >= 0.6 is 0 Å². The Morgan fingerprint density at radius 1 is 0.556 bits per heavy atom. The second kappa shape index (κ2) is 4.17. The highest BCUT2D eigenvalue weighted by Gasteiger charge is 2.46. The molecule has 0 aromatic rings. The Morgan fingerprint density at radius 2 is 0.889 bits per heavy atom. The molecule has 0 aromatic heterocycles. The van der Waals surface area contributed by atoms with E-state index in [1.807, 2.05) is 0 Å². The van der Waals surface area contributed by atoms with Gasteiger partial charge in [0.15, 0.2) is 0 Å². The average Bonchev–Trinajstić information content (AvgIpc) is 2.77. The molecule has 0 N–H and O–H groups in total. The van der Waals surface area contributed by atoms with Gasteiger partial charge >= 0.3 is 0 Å². The molecule has 0 atom stereocenters. The van der Waals surface area contributed by atoms with Crippen LogP contribution in [0.2, 0.25) is 0 Å². The van der Waals surface area contributed by atoms with Crippen LogP contribution in [0.25, 0.3) is 0 Å². The van der Waals surface area contributed by atoms with Gasteiger partial charge < -0.3 is 9.80 Å². The Hall–Kier alpha value is -0.160. The number of hydrogen-bond acceptors (Lipinski definition) is 4. The van der Waals surface area contributed by atoms with Gasteiger partial charge in [0.2, 0.25) is 0 Å². The molecule has 0 radical (unpaired) electrons. The van der Waals surface area contributed by atoms with E-state index in [1.54, 1.807) is 0 Å². The van der Waals surface area contributed by atoms with Gasteiger partial charge in [-0.25, -0.2) is 0 Å². The third kappa shape index (κ3) is 1.82. The first-order valence-corrected chi connectivity index (χ1v) is 7.54. The molecule has 4 aliphatic heterocycles. The van der Waals surface area contributed by atoms with Gasteiger partial charge in [0.05, 0.1) is 0 Å². The fourth-order valence-electron chi connectivity index (χ4n) is 4.46. The van der Waals surface area contributed by atoms with Crippen molar-refractivity contribution in [3.63, 3.8) is 0 Å². The van der Waals surface area contributed by atoms with Crippen molar-refractivity contribution < 1.29 is 0 Å². The lowest BCUT2D eigenvalue weighted by atomic mass is 10.0. The lowest BCUT2D eigenvalue weighted by Crippen LogP contribution is -2.59. The smallest absolute Gasteiger partial charge is 0.0350 e. The van der Waals surface area contributed by atoms with Crippen LogP contribution in [0.1, 0.15) is 0 Å². The maximum Gasteiger partial charge on any atom is 0.0350 e. The van der Waals surface area contributed by atoms with Crippen LogP contribution in [-0.2, 0) is 0 Å². The van der Waals surface area contributed by atoms with Gasteiger partial charge in [-0.15, -0.1) is 0 Å². The zero-order chi connectivity index (χ0) is 12.3. The number of likely N-dealkylation sites (N-methyl/N-ethyl adjacent to an activating group) is 2. The standard InChI is InChI=1S/C14H26N4/c1-15-7-13(8-15)17-3-11-5-18(6-12(11)4-17)14-9-16(2)10-14/h11-14H,3-10H2,1-2H3. The van der Waals surface area contributed by atoms with Crippen LogP contribution in [-0.4, -0.2) is 98.1 Å². The largest absolute Gasteiger partial charge is 0.303 e. The van der Waals surface area contributed by atoms with Crippen LogP contribution in [0.5, 0.6) is 0 Å². The molecule has 0 amide bonds. The van der Waals surface area contributed by atoms with Crippen molar-refractivity contribution in [3.8, 4) is 0 Å². The van der Waals surface area contributed by atoms with Gasteiger partial charge in [0.25, 0.3) is 0 Å². The van der Waals surface area contributed by atoms with Crippen molar-refractivity contribution in [3.05, 3.63) is 0 Å². The third-order valence-electron chi connectivity index (χ3n) is 5.67. The second-order valence-corrected chi connectivity index (χ2v) is 7.18. The first-order valence-electron chi connectivity index (χ1n) is 7.54. The lowest BCUT2D eigenvalue weighted by Gasteiger charge is -2.44. The van der Waals surface area contributed by atoms with Crippen molar-refractivity contribution >= 4 is 0 Å². The fraction of sp³-hybridized carbons (Fsp3) is 1.00. The summed E-state index contributed by atoms with van der Waals surface area (Å²) >= 11 is 0. The van der Waals surface area contributed by atoms with Crippen LogP contribution in [0.15, 0.2) is 0 Å². The fourth-order valence-corrected chi connectivity index (χ4v) is 4.46. The van der Waals surface area contributed by atoms with Crippen molar-refractivity contribution in [2.45, 2.75) is 12.1 Å². The third-order valence-corrected chi connectivity index (χ3v) is 5.67. The normalized spacial score (nSPS) is 41.0. The minimum Gasteiger partial charge on any atom is -0.303 e. The zero-order valence-corrected chi connectivity index (χ0v) is 11.8. The van der Waals surface area contributed by atoms with Gasteiger partial charge in [-0.05, 0) is 25.9 Å². The van der Waals surface area contributed by atoms with E-state index in [4.69, 9.17) is 0 Å². The van der Waals surface area contributed by atoms with Crippen molar-refractivity contribution in [2.75, 3.05) is 66.5 Å². The van der Waals surface area contributed by atoms with Crippen LogP contribution < -0.4 is 0 Å². The summed E-state index contributed by atoms with van der Waals surface area (Å²) < 4.78 is 0. The molecule has 18 heavy (non-hydrogen) atoms. The Balaban J connectivity index is 1.30. The Morgan fingerprint density at radius 3 is 1.17 bits per heavy atom. The van der Waals surface area contributed by atoms with E-state index in [0.717, 1.165) is 23.9 Å². The molecule has 0 saturated carbocycles. The monoisotopic (exact) mass is 250 g/mol. The number of rotatable bonds is 2. The maximum atomic E-state index is 2.78. The number of hydrogen-bond donors (Lipinski definition) is 0. The highest BCUT2D eigenvalue weighted by atomic mass is 15.4. The molecule has 0 bridgehead atoms. The second-order valence-electron chi connectivity index (χ2n) is 7.18. The molecule has 0 unspecified atom stereocenters. The summed E-state index contributed by atoms with van der Waals surface area (Å²) in [5, 5.41) is 0. The minimum atomic E-state index is 0.879. The molecule has 4 saturated heterocycles. The van der Waals surface area contributed by atoms with Gasteiger partial charge in [-0.1, -0.05) is 0 Å². The first kappa shape index (κ1) is 11.6. The summed E-state index contributed by atoms with van der Waals surface area (Å²) in [5.41, 5.74) is 0. The number of nitrogens with zero attached hydrogens (tertiary/aromatic N) is 4. The van der Waals surface area contributed by atoms with Crippen LogP contribution in [0.3, 0.4) is 0 Å². The van der Waals surface area contributed by atoms with Crippen LogP contribution in [0, 0.1) is 11.8 Å². The molecule has 4 rings (SSSR count). The maximum absolute atomic E-state index is 2.78. The van der Waals surface area contributed by atoms with E-state index >= 15 is 0 Å². The summed E-state index contributed by atoms with van der Waals surface area (Å²) in [6.45, 7) is 10.7. The average molecular weight is 250 g/mol. The SMILES string of the molecule is CN1CC(N2CC3CN(C4CN(C)C4)CC3C2)C1. The highest BCUT2D eigenvalue weighted by Crippen LogP contribution is 2.35. The minimum absolute atomic E-state index is 0.879. The van der Waals surface area contributed by atoms with Gasteiger partial charge in [0, 0.05) is 64.4 Å². The Labute approximate surface area is 110 Å². The molecular formula is C14H26N4. The summed E-state index contributed by atoms with van der Waals surface area (Å²) in [7, 11) is 4.48. The van der Waals surface area contributed by atoms with E-state index in [9.17, 15) is 0 Å². The molecule has 0 aromatic carbocycles. The predicted octanol–water partition coefficient (Wildman–Crippen LogP) is -0.522. The summed E-state index contributed by atoms with van der Waals surface area (Å²) in [5.74, 6) is 1.95. The summed E-state index contributed by atoms with van der Waals surface area (Å²) in [6.07, 6.45) is 0. The van der Waals surface area contributed by atoms with E-state index in [0.29, 0.717) is 0 Å². The summed E-state index contributed by atoms with van der Waals surface area (Å²) in [6, 6.07) is 1.76. The van der Waals surface area contributed by atoms with E-state index in [-0.39, 0.29) is 0 Å². The molecule has 4 aliphatic rings. The van der Waals surface area contributed by atoms with Crippen molar-refractivity contribution in [2.24, 2.45) is 11.8 Å². The predicted molar refractivity (Wildman–Crippen MR) is 72.7 cm³/mol. The molecule has 0 aliphatic carbocycles. The molecule has 4 nitrogen and oxygen atoms in total. The zero-order valence-electron chi connectivity index (χ0n) is 11.8. The molecule has 102 valence electrons. The van der Waals surface area contributed by atoms with Gasteiger partial charge in [0.1, 0.15) is 0 Å². The van der Waals surface area contributed by atoms with E-state index in [1.165, 1.54) is 52.4 Å². The molecule has 0 spiro atoms. The topological polar surface area (TPSA) is 13.0 Å². The first-order chi connectivity index (χ1) is 8.69. The van der Waals surface area contributed by atoms with Crippen molar-refractivity contribution in [1.82, 2.24) is 19.6 Å². The van der Waals surface area contributed by atoms with Gasteiger partial charge in [-0.3, -0.25) is 9.80 Å². The Bertz CT molecular complexity index is 278. The van der Waals surface area contributed by atoms with Crippen molar-refractivity contribution in [1.29, 1.82) is 0 Å². The lowest BCUT2D eigenvalue weighted by molar-refractivity contribution is 0.0419.